The summed E-state index contributed by atoms with van der Waals surface area (Å²) in [6.45, 7) is 0.707. The van der Waals surface area contributed by atoms with E-state index in [9.17, 15) is 4.79 Å². The monoisotopic (exact) mass is 248 g/mol. The molecule has 98 valence electrons. The number of aryl methyl sites for hydroxylation is 1. The molecule has 2 bridgehead atoms. The van der Waals surface area contributed by atoms with Crippen LogP contribution in [0.25, 0.3) is 0 Å². The first kappa shape index (κ1) is 11.7. The van der Waals surface area contributed by atoms with Crippen LogP contribution < -0.4 is 10.6 Å². The fourth-order valence-corrected chi connectivity index (χ4v) is 3.18. The normalized spacial score (nSPS) is 29.7. The van der Waals surface area contributed by atoms with Gasteiger partial charge in [0.25, 0.3) is 0 Å². The zero-order valence-electron chi connectivity index (χ0n) is 10.7. The molecule has 2 aliphatic rings. The smallest absolute Gasteiger partial charge is 0.224 e. The first-order chi connectivity index (χ1) is 8.72. The number of rotatable bonds is 4. The van der Waals surface area contributed by atoms with E-state index >= 15 is 0 Å². The molecule has 1 aromatic heterocycles. The largest absolute Gasteiger partial charge is 0.355 e. The van der Waals surface area contributed by atoms with Crippen molar-refractivity contribution in [3.05, 3.63) is 18.0 Å². The fourth-order valence-electron chi connectivity index (χ4n) is 3.18. The Morgan fingerprint density at radius 2 is 2.50 bits per heavy atom. The van der Waals surface area contributed by atoms with Crippen LogP contribution in [0, 0.1) is 5.92 Å². The van der Waals surface area contributed by atoms with Gasteiger partial charge in [-0.25, -0.2) is 0 Å². The Labute approximate surface area is 107 Å². The van der Waals surface area contributed by atoms with Gasteiger partial charge in [-0.05, 0) is 31.2 Å². The van der Waals surface area contributed by atoms with Gasteiger partial charge in [-0.15, -0.1) is 0 Å². The number of hydrogen-bond donors (Lipinski definition) is 2. The summed E-state index contributed by atoms with van der Waals surface area (Å²) in [4.78, 5) is 12.1. The molecule has 3 rings (SSSR count). The van der Waals surface area contributed by atoms with Gasteiger partial charge in [0.15, 0.2) is 0 Å². The van der Waals surface area contributed by atoms with E-state index in [0.717, 1.165) is 19.3 Å². The molecule has 0 aromatic carbocycles. The van der Waals surface area contributed by atoms with Gasteiger partial charge in [-0.3, -0.25) is 9.48 Å². The lowest BCUT2D eigenvalue weighted by Gasteiger charge is -2.19. The van der Waals surface area contributed by atoms with Crippen LogP contribution in [0.2, 0.25) is 0 Å². The van der Waals surface area contributed by atoms with Gasteiger partial charge in [0.05, 0.1) is 12.1 Å². The van der Waals surface area contributed by atoms with Gasteiger partial charge >= 0.3 is 0 Å². The number of carbonyl (C=O) groups is 1. The van der Waals surface area contributed by atoms with Crippen molar-refractivity contribution in [2.24, 2.45) is 13.0 Å². The number of aromatic nitrogens is 2. The summed E-state index contributed by atoms with van der Waals surface area (Å²) in [5, 5.41) is 10.7. The minimum atomic E-state index is 0.192. The van der Waals surface area contributed by atoms with Gasteiger partial charge < -0.3 is 10.6 Å². The zero-order chi connectivity index (χ0) is 12.5. The lowest BCUT2D eigenvalue weighted by molar-refractivity contribution is -0.125. The van der Waals surface area contributed by atoms with Crippen molar-refractivity contribution in [1.29, 1.82) is 0 Å². The predicted octanol–water partition coefficient (Wildman–Crippen LogP) is 0.219. The number of nitrogens with zero attached hydrogens (tertiary/aromatic N) is 2. The van der Waals surface area contributed by atoms with E-state index in [1.165, 1.54) is 12.0 Å². The Kier molecular flexibility index (Phi) is 3.07. The Bertz CT molecular complexity index is 442. The number of hydrogen-bond acceptors (Lipinski definition) is 3. The summed E-state index contributed by atoms with van der Waals surface area (Å²) in [6, 6.07) is 1.01. The van der Waals surface area contributed by atoms with Crippen LogP contribution in [-0.2, 0) is 18.3 Å². The standard InChI is InChI=1S/C13H20N4O/c1-17-8-9(7-15-17)4-5-14-13(18)11-6-10-2-3-12(11)16-10/h7-8,10-12,16H,2-6H2,1H3,(H,14,18). The molecular formula is C13H20N4O. The number of carbonyl (C=O) groups excluding carboxylic acids is 1. The molecule has 2 aliphatic heterocycles. The molecule has 2 N–H and O–H groups in total. The highest BCUT2D eigenvalue weighted by atomic mass is 16.1. The Hall–Kier alpha value is -1.36. The van der Waals surface area contributed by atoms with Crippen molar-refractivity contribution in [2.45, 2.75) is 37.8 Å². The van der Waals surface area contributed by atoms with Gasteiger partial charge in [0.2, 0.25) is 5.91 Å². The summed E-state index contributed by atoms with van der Waals surface area (Å²) in [5.74, 6) is 0.413. The van der Waals surface area contributed by atoms with E-state index in [2.05, 4.69) is 15.7 Å². The molecule has 18 heavy (non-hydrogen) atoms. The fraction of sp³-hybridized carbons (Fsp3) is 0.692. The van der Waals surface area contributed by atoms with Crippen LogP contribution >= 0.6 is 0 Å². The molecule has 0 aliphatic carbocycles. The summed E-state index contributed by atoms with van der Waals surface area (Å²) in [5.41, 5.74) is 1.17. The minimum Gasteiger partial charge on any atom is -0.355 e. The molecule has 1 amide bonds. The molecule has 2 saturated heterocycles. The van der Waals surface area contributed by atoms with E-state index in [4.69, 9.17) is 0 Å². The Morgan fingerprint density at radius 1 is 1.61 bits per heavy atom. The summed E-state index contributed by atoms with van der Waals surface area (Å²) >= 11 is 0. The molecule has 3 unspecified atom stereocenters. The van der Waals surface area contributed by atoms with E-state index in [0.29, 0.717) is 18.6 Å². The molecule has 5 heteroatoms. The third kappa shape index (κ3) is 2.27. The molecule has 0 saturated carbocycles. The quantitative estimate of drug-likeness (QED) is 0.801. The molecule has 5 nitrogen and oxygen atoms in total. The van der Waals surface area contributed by atoms with Gasteiger partial charge in [-0.2, -0.15) is 5.10 Å². The highest BCUT2D eigenvalue weighted by Crippen LogP contribution is 2.33. The van der Waals surface area contributed by atoms with E-state index in [1.54, 1.807) is 4.68 Å². The van der Waals surface area contributed by atoms with Crippen molar-refractivity contribution < 1.29 is 4.79 Å². The van der Waals surface area contributed by atoms with Crippen LogP contribution in [0.5, 0.6) is 0 Å². The van der Waals surface area contributed by atoms with Crippen molar-refractivity contribution in [1.82, 2.24) is 20.4 Å². The molecule has 0 radical (unpaired) electrons. The number of amides is 1. The van der Waals surface area contributed by atoms with Crippen molar-refractivity contribution >= 4 is 5.91 Å². The van der Waals surface area contributed by atoms with Gasteiger partial charge in [-0.1, -0.05) is 0 Å². The van der Waals surface area contributed by atoms with Crippen molar-refractivity contribution in [2.75, 3.05) is 6.54 Å². The predicted molar refractivity (Wildman–Crippen MR) is 68.0 cm³/mol. The topological polar surface area (TPSA) is 59.0 Å². The lowest BCUT2D eigenvalue weighted by Crippen LogP contribution is -2.38. The third-order valence-electron chi connectivity index (χ3n) is 4.11. The zero-order valence-corrected chi connectivity index (χ0v) is 10.7. The van der Waals surface area contributed by atoms with Crippen molar-refractivity contribution in [3.8, 4) is 0 Å². The van der Waals surface area contributed by atoms with Gasteiger partial charge in [0, 0.05) is 31.9 Å². The number of nitrogens with one attached hydrogen (secondary N) is 2. The van der Waals surface area contributed by atoms with Crippen LogP contribution in [0.4, 0.5) is 0 Å². The second-order valence-electron chi connectivity index (χ2n) is 5.45. The van der Waals surface area contributed by atoms with E-state index < -0.39 is 0 Å². The van der Waals surface area contributed by atoms with Crippen LogP contribution in [0.3, 0.4) is 0 Å². The van der Waals surface area contributed by atoms with E-state index in [1.807, 2.05) is 19.4 Å². The maximum absolute atomic E-state index is 12.1. The van der Waals surface area contributed by atoms with Crippen LogP contribution in [0.1, 0.15) is 24.8 Å². The lowest BCUT2D eigenvalue weighted by atomic mass is 9.88. The molecule has 0 spiro atoms. The maximum Gasteiger partial charge on any atom is 0.224 e. The highest BCUT2D eigenvalue weighted by Gasteiger charge is 2.42. The highest BCUT2D eigenvalue weighted by molar-refractivity contribution is 5.80. The maximum atomic E-state index is 12.1. The van der Waals surface area contributed by atoms with Crippen LogP contribution in [0.15, 0.2) is 12.4 Å². The third-order valence-corrected chi connectivity index (χ3v) is 4.11. The van der Waals surface area contributed by atoms with E-state index in [-0.39, 0.29) is 11.8 Å². The Balaban J connectivity index is 1.44. The second-order valence-corrected chi connectivity index (χ2v) is 5.45. The second kappa shape index (κ2) is 4.72. The first-order valence-electron chi connectivity index (χ1n) is 6.73. The Morgan fingerprint density at radius 3 is 3.11 bits per heavy atom. The molecule has 3 atom stereocenters. The summed E-state index contributed by atoms with van der Waals surface area (Å²) < 4.78 is 1.79. The van der Waals surface area contributed by atoms with Gasteiger partial charge in [0.1, 0.15) is 0 Å². The SMILES string of the molecule is Cn1cc(CCNC(=O)C2CC3CCC2N3)cn1. The van der Waals surface area contributed by atoms with Crippen molar-refractivity contribution in [3.63, 3.8) is 0 Å². The summed E-state index contributed by atoms with van der Waals surface area (Å²) in [7, 11) is 1.91. The average molecular weight is 248 g/mol. The first-order valence-corrected chi connectivity index (χ1v) is 6.73. The van der Waals surface area contributed by atoms with Crippen LogP contribution in [-0.4, -0.2) is 34.3 Å². The minimum absolute atomic E-state index is 0.192. The molecule has 3 heterocycles. The molecule has 1 aromatic rings. The summed E-state index contributed by atoms with van der Waals surface area (Å²) in [6.07, 6.45) is 8.11. The average Bonchev–Trinajstić information content (AvgIpc) is 3.05. The molecular weight excluding hydrogens is 228 g/mol. The number of fused-ring (bicyclic) bond motifs is 2. The molecule has 2 fully saturated rings.